The average molecular weight is 393 g/mol. The average Bonchev–Trinajstić information content (AvgIpc) is 2.62. The fraction of sp³-hybridized carbons (Fsp3) is 0.611. The number of carboxylic acids is 1. The maximum Gasteiger partial charge on any atom is 0.335 e. The van der Waals surface area contributed by atoms with Crippen molar-refractivity contribution < 1.29 is 24.2 Å². The minimum Gasteiger partial charge on any atom is -0.480 e. The third-order valence-electron chi connectivity index (χ3n) is 4.80. The normalized spacial score (nSPS) is 20.8. The van der Waals surface area contributed by atoms with Crippen molar-refractivity contribution in [3.63, 3.8) is 0 Å². The van der Waals surface area contributed by atoms with E-state index in [0.717, 1.165) is 25.7 Å². The second-order valence-electron chi connectivity index (χ2n) is 7.68. The van der Waals surface area contributed by atoms with E-state index in [1.165, 1.54) is 12.4 Å². The molecule has 10 nitrogen and oxygen atoms in total. The van der Waals surface area contributed by atoms with Crippen molar-refractivity contribution in [1.82, 2.24) is 15.3 Å². The topological polar surface area (TPSA) is 171 Å². The van der Waals surface area contributed by atoms with Crippen LogP contribution in [0, 0.1) is 5.92 Å². The summed E-state index contributed by atoms with van der Waals surface area (Å²) in [4.78, 5) is 42.7. The van der Waals surface area contributed by atoms with Crippen molar-refractivity contribution in [3.05, 3.63) is 18.1 Å². The highest BCUT2D eigenvalue weighted by Gasteiger charge is 2.33. The summed E-state index contributed by atoms with van der Waals surface area (Å²) in [5, 5.41) is 11.7. The van der Waals surface area contributed by atoms with Gasteiger partial charge in [-0.05, 0) is 51.9 Å². The van der Waals surface area contributed by atoms with Crippen LogP contribution in [0.25, 0.3) is 0 Å². The van der Waals surface area contributed by atoms with Gasteiger partial charge in [0, 0.05) is 18.4 Å². The molecule has 1 saturated carbocycles. The first-order chi connectivity index (χ1) is 13.1. The van der Waals surface area contributed by atoms with Crippen LogP contribution in [0.2, 0.25) is 0 Å². The molecule has 1 aromatic rings. The first-order valence-corrected chi connectivity index (χ1v) is 9.17. The van der Waals surface area contributed by atoms with Crippen molar-refractivity contribution in [2.24, 2.45) is 11.7 Å². The third-order valence-corrected chi connectivity index (χ3v) is 4.80. The van der Waals surface area contributed by atoms with Crippen LogP contribution in [0.15, 0.2) is 12.4 Å². The van der Waals surface area contributed by atoms with Crippen LogP contribution in [-0.4, -0.2) is 50.6 Å². The molecule has 6 N–H and O–H groups in total. The predicted octanol–water partition coefficient (Wildman–Crippen LogP) is 0.471. The summed E-state index contributed by atoms with van der Waals surface area (Å²) >= 11 is 0. The smallest absolute Gasteiger partial charge is 0.335 e. The molecule has 0 radical (unpaired) electrons. The van der Waals surface area contributed by atoms with Gasteiger partial charge in [0.1, 0.15) is 5.60 Å². The highest BCUT2D eigenvalue weighted by molar-refractivity contribution is 5.98. The maximum atomic E-state index is 12.3. The van der Waals surface area contributed by atoms with Gasteiger partial charge in [-0.15, -0.1) is 0 Å². The van der Waals surface area contributed by atoms with E-state index >= 15 is 0 Å². The number of aliphatic carboxylic acids is 1. The Morgan fingerprint density at radius 2 is 1.86 bits per heavy atom. The van der Waals surface area contributed by atoms with Gasteiger partial charge in [0.2, 0.25) is 6.04 Å². The molecule has 1 heterocycles. The SMILES string of the molecule is CC(C)(C[C@H]1CC[C@H](NC(=O)c2nccnc2N)CC1)OC(=O)[C@@H](N)C(=O)O. The predicted molar refractivity (Wildman–Crippen MR) is 100 cm³/mol. The fourth-order valence-electron chi connectivity index (χ4n) is 3.46. The number of carbonyl (C=O) groups is 3. The van der Waals surface area contributed by atoms with Crippen LogP contribution in [-0.2, 0) is 14.3 Å². The molecule has 0 unspecified atom stereocenters. The molecule has 1 aliphatic rings. The molecule has 2 rings (SSSR count). The Labute approximate surface area is 163 Å². The molecule has 0 bridgehead atoms. The lowest BCUT2D eigenvalue weighted by molar-refractivity contribution is -0.164. The Morgan fingerprint density at radius 3 is 2.43 bits per heavy atom. The van der Waals surface area contributed by atoms with Crippen LogP contribution >= 0.6 is 0 Å². The van der Waals surface area contributed by atoms with Crippen molar-refractivity contribution >= 4 is 23.7 Å². The molecule has 154 valence electrons. The summed E-state index contributed by atoms with van der Waals surface area (Å²) in [7, 11) is 0. The molecule has 0 saturated heterocycles. The van der Waals surface area contributed by atoms with Crippen LogP contribution in [0.1, 0.15) is 56.4 Å². The number of hydrogen-bond donors (Lipinski definition) is 4. The van der Waals surface area contributed by atoms with Gasteiger partial charge in [-0.2, -0.15) is 0 Å². The molecule has 0 spiro atoms. The quantitative estimate of drug-likeness (QED) is 0.379. The van der Waals surface area contributed by atoms with Crippen LogP contribution in [0.5, 0.6) is 0 Å². The maximum absolute atomic E-state index is 12.3. The van der Waals surface area contributed by atoms with Gasteiger partial charge in [-0.25, -0.2) is 19.6 Å². The van der Waals surface area contributed by atoms with Gasteiger partial charge < -0.3 is 26.6 Å². The van der Waals surface area contributed by atoms with Gasteiger partial charge in [-0.3, -0.25) is 4.79 Å². The Morgan fingerprint density at radius 1 is 1.25 bits per heavy atom. The Kier molecular flexibility index (Phi) is 6.90. The number of ether oxygens (including phenoxy) is 1. The first kappa shape index (κ1) is 21.5. The van der Waals surface area contributed by atoms with Crippen LogP contribution < -0.4 is 16.8 Å². The van der Waals surface area contributed by atoms with E-state index in [2.05, 4.69) is 15.3 Å². The highest BCUT2D eigenvalue weighted by atomic mass is 16.6. The van der Waals surface area contributed by atoms with Crippen LogP contribution in [0.4, 0.5) is 5.82 Å². The second-order valence-corrected chi connectivity index (χ2v) is 7.68. The number of amides is 1. The summed E-state index contributed by atoms with van der Waals surface area (Å²) in [5.41, 5.74) is 10.3. The van der Waals surface area contributed by atoms with Gasteiger partial charge >= 0.3 is 11.9 Å². The van der Waals surface area contributed by atoms with E-state index in [1.54, 1.807) is 13.8 Å². The summed E-state index contributed by atoms with van der Waals surface area (Å²) in [6, 6.07) is -1.67. The minimum atomic E-state index is -1.68. The zero-order chi connectivity index (χ0) is 20.9. The van der Waals surface area contributed by atoms with Crippen molar-refractivity contribution in [3.8, 4) is 0 Å². The molecular weight excluding hydrogens is 366 g/mol. The number of anilines is 1. The van der Waals surface area contributed by atoms with Gasteiger partial charge in [0.15, 0.2) is 11.5 Å². The van der Waals surface area contributed by atoms with Crippen molar-refractivity contribution in [1.29, 1.82) is 0 Å². The zero-order valence-electron chi connectivity index (χ0n) is 16.1. The number of nitrogens with two attached hydrogens (primary N) is 2. The van der Waals surface area contributed by atoms with Gasteiger partial charge in [0.25, 0.3) is 5.91 Å². The highest BCUT2D eigenvalue weighted by Crippen LogP contribution is 2.32. The minimum absolute atomic E-state index is 0.0104. The molecule has 1 atom stereocenters. The number of nitrogen functional groups attached to an aromatic ring is 1. The summed E-state index contributed by atoms with van der Waals surface area (Å²) in [6.07, 6.45) is 6.66. The number of carbonyl (C=O) groups excluding carboxylic acids is 2. The summed E-state index contributed by atoms with van der Waals surface area (Å²) in [5.74, 6) is -2.32. The number of aromatic nitrogens is 2. The third kappa shape index (κ3) is 5.88. The summed E-state index contributed by atoms with van der Waals surface area (Å²) in [6.45, 7) is 3.48. The van der Waals surface area contributed by atoms with E-state index in [-0.39, 0.29) is 23.5 Å². The number of carboxylic acid groups (broad SMARTS) is 1. The molecule has 1 aromatic heterocycles. The van der Waals surface area contributed by atoms with Gasteiger partial charge in [0.05, 0.1) is 0 Å². The molecule has 1 amide bonds. The van der Waals surface area contributed by atoms with Crippen LogP contribution in [0.3, 0.4) is 0 Å². The van der Waals surface area contributed by atoms with E-state index in [4.69, 9.17) is 21.3 Å². The lowest BCUT2D eigenvalue weighted by Gasteiger charge is -2.34. The van der Waals surface area contributed by atoms with E-state index in [1.807, 2.05) is 0 Å². The molecule has 1 aliphatic carbocycles. The molecule has 0 aliphatic heterocycles. The zero-order valence-corrected chi connectivity index (χ0v) is 16.1. The number of nitrogens with one attached hydrogen (secondary N) is 1. The molecule has 0 aromatic carbocycles. The van der Waals surface area contributed by atoms with E-state index < -0.39 is 23.6 Å². The van der Waals surface area contributed by atoms with Crippen molar-refractivity contribution in [2.75, 3.05) is 5.73 Å². The number of rotatable bonds is 7. The molecule has 28 heavy (non-hydrogen) atoms. The molecule has 10 heteroatoms. The number of esters is 1. The lowest BCUT2D eigenvalue weighted by Crippen LogP contribution is -2.44. The molecular formula is C18H27N5O5. The lowest BCUT2D eigenvalue weighted by atomic mass is 9.80. The van der Waals surface area contributed by atoms with E-state index in [0.29, 0.717) is 12.3 Å². The number of hydrogen-bond acceptors (Lipinski definition) is 8. The van der Waals surface area contributed by atoms with E-state index in [9.17, 15) is 14.4 Å². The fourth-order valence-corrected chi connectivity index (χ4v) is 3.46. The Bertz CT molecular complexity index is 731. The Hall–Kier alpha value is -2.75. The largest absolute Gasteiger partial charge is 0.480 e. The van der Waals surface area contributed by atoms with Gasteiger partial charge in [-0.1, -0.05) is 0 Å². The molecule has 1 fully saturated rings. The second kappa shape index (κ2) is 8.96. The summed E-state index contributed by atoms with van der Waals surface area (Å²) < 4.78 is 5.28. The standard InChI is InChI=1S/C18H27N5O5/c1-18(2,28-17(27)12(19)16(25)26)9-10-3-5-11(6-4-10)23-15(24)13-14(20)22-8-7-21-13/h7-8,10-12H,3-6,9,19H2,1-2H3,(H2,20,22)(H,23,24)(H,25,26)/t10-,11-,12-/m0/s1. The first-order valence-electron chi connectivity index (χ1n) is 9.17. The monoisotopic (exact) mass is 393 g/mol. The van der Waals surface area contributed by atoms with Crippen molar-refractivity contribution in [2.45, 2.75) is 63.6 Å². The number of nitrogens with zero attached hydrogens (tertiary/aromatic N) is 2. The Balaban J connectivity index is 1.81.